The maximum atomic E-state index is 3.62. The first-order chi connectivity index (χ1) is 51.1. The largest absolute Gasteiger partial charge is 0.354 e. The molecule has 0 atom stereocenters. The second kappa shape index (κ2) is 24.8. The highest BCUT2D eigenvalue weighted by Gasteiger charge is 2.32. The van der Waals surface area contributed by atoms with Crippen molar-refractivity contribution in [1.82, 2.24) is 9.55 Å². The number of benzene rings is 18. The molecule has 18 aromatic carbocycles. The zero-order valence-corrected chi connectivity index (χ0v) is 57.7. The summed E-state index contributed by atoms with van der Waals surface area (Å²) in [6, 6.07) is 137. The molecular formula is C100H63BrN2. The van der Waals surface area contributed by atoms with Gasteiger partial charge in [0.05, 0.1) is 16.6 Å². The van der Waals surface area contributed by atoms with Crippen molar-refractivity contribution in [1.29, 1.82) is 0 Å². The topological polar surface area (TPSA) is 20.7 Å². The molecule has 103 heavy (non-hydrogen) atoms. The molecular weight excluding hydrogens is 1310 g/mol. The van der Waals surface area contributed by atoms with Crippen LogP contribution in [0.5, 0.6) is 0 Å². The highest BCUT2D eigenvalue weighted by atomic mass is 79.9. The molecule has 2 aromatic heterocycles. The van der Waals surface area contributed by atoms with Crippen LogP contribution in [0.2, 0.25) is 0 Å². The lowest BCUT2D eigenvalue weighted by molar-refractivity contribution is 1.19. The summed E-state index contributed by atoms with van der Waals surface area (Å²) < 4.78 is 3.54. The third kappa shape index (κ3) is 9.91. The maximum Gasteiger partial charge on any atom is 0.0619 e. The number of aromatic nitrogens is 2. The summed E-state index contributed by atoms with van der Waals surface area (Å²) in [7, 11) is 0. The molecule has 22 rings (SSSR count). The van der Waals surface area contributed by atoms with Crippen molar-refractivity contribution < 1.29 is 0 Å². The van der Waals surface area contributed by atoms with Crippen molar-refractivity contribution in [3.05, 3.63) is 381 Å². The smallest absolute Gasteiger partial charge is 0.0619 e. The van der Waals surface area contributed by atoms with Crippen LogP contribution in [0.4, 0.5) is 0 Å². The number of para-hydroxylation sites is 2. The third-order valence-electron chi connectivity index (χ3n) is 21.4. The molecule has 0 aliphatic heterocycles. The lowest BCUT2D eigenvalue weighted by Crippen LogP contribution is -1.96. The van der Waals surface area contributed by atoms with Gasteiger partial charge in [-0.05, 0) is 192 Å². The fourth-order valence-corrected chi connectivity index (χ4v) is 17.2. The van der Waals surface area contributed by atoms with Gasteiger partial charge in [-0.2, -0.15) is 0 Å². The summed E-state index contributed by atoms with van der Waals surface area (Å²) >= 11 is 3.62. The average molecular weight is 1370 g/mol. The summed E-state index contributed by atoms with van der Waals surface area (Å²) in [6.45, 7) is 0. The van der Waals surface area contributed by atoms with Gasteiger partial charge in [0.2, 0.25) is 0 Å². The van der Waals surface area contributed by atoms with Crippen molar-refractivity contribution in [2.45, 2.75) is 0 Å². The molecule has 2 heterocycles. The van der Waals surface area contributed by atoms with Gasteiger partial charge in [-0.25, -0.2) is 0 Å². The predicted octanol–water partition coefficient (Wildman–Crippen LogP) is 28.5. The summed E-state index contributed by atoms with van der Waals surface area (Å²) in [4.78, 5) is 3.52. The van der Waals surface area contributed by atoms with Crippen LogP contribution in [0, 0.1) is 0 Å². The van der Waals surface area contributed by atoms with Gasteiger partial charge in [-0.1, -0.05) is 344 Å². The van der Waals surface area contributed by atoms with Crippen molar-refractivity contribution in [2.24, 2.45) is 0 Å². The van der Waals surface area contributed by atoms with E-state index in [0.29, 0.717) is 0 Å². The van der Waals surface area contributed by atoms with Gasteiger partial charge in [0.25, 0.3) is 0 Å². The van der Waals surface area contributed by atoms with Crippen molar-refractivity contribution in [2.75, 3.05) is 0 Å². The number of nitrogens with zero attached hydrogens (tertiary/aromatic N) is 1. The van der Waals surface area contributed by atoms with Crippen LogP contribution in [-0.4, -0.2) is 9.55 Å². The molecule has 0 saturated carbocycles. The molecule has 20 aromatic rings. The summed E-state index contributed by atoms with van der Waals surface area (Å²) in [5, 5.41) is 15.5. The van der Waals surface area contributed by atoms with Crippen LogP contribution in [-0.2, 0) is 0 Å². The van der Waals surface area contributed by atoms with Crippen LogP contribution in [0.25, 0.3) is 204 Å². The lowest BCUT2D eigenvalue weighted by atomic mass is 9.82. The Morgan fingerprint density at radius 1 is 0.223 bits per heavy atom. The third-order valence-corrected chi connectivity index (χ3v) is 21.9. The Labute approximate surface area is 605 Å². The quantitative estimate of drug-likeness (QED) is 0.164. The Hall–Kier alpha value is -12.9. The molecule has 1 N–H and O–H groups in total. The van der Waals surface area contributed by atoms with E-state index in [9.17, 15) is 0 Å². The molecule has 0 fully saturated rings. The number of fused-ring (bicyclic) bond motifs is 16. The van der Waals surface area contributed by atoms with Gasteiger partial charge >= 0.3 is 0 Å². The Morgan fingerprint density at radius 3 is 1.13 bits per heavy atom. The van der Waals surface area contributed by atoms with Gasteiger partial charge < -0.3 is 9.55 Å². The highest BCUT2D eigenvalue weighted by molar-refractivity contribution is 9.10. The Bertz CT molecular complexity index is 6740. The first-order valence-corrected chi connectivity index (χ1v) is 36.2. The molecule has 0 amide bonds. The van der Waals surface area contributed by atoms with Gasteiger partial charge in [-0.3, -0.25) is 0 Å². The number of nitrogens with one attached hydrogen (secondary N) is 1. The fraction of sp³-hybridized carbons (Fsp3) is 0. The monoisotopic (exact) mass is 1370 g/mol. The summed E-state index contributed by atoms with van der Waals surface area (Å²) in [5.74, 6) is 0. The Morgan fingerprint density at radius 2 is 0.602 bits per heavy atom. The zero-order chi connectivity index (χ0) is 68.1. The molecule has 0 radical (unpaired) electrons. The molecule has 0 unspecified atom stereocenters. The van der Waals surface area contributed by atoms with Gasteiger partial charge in [0, 0.05) is 48.0 Å². The predicted molar refractivity (Wildman–Crippen MR) is 442 cm³/mol. The van der Waals surface area contributed by atoms with E-state index >= 15 is 0 Å². The first kappa shape index (κ1) is 60.1. The van der Waals surface area contributed by atoms with Crippen molar-refractivity contribution in [3.63, 3.8) is 0 Å². The SMILES string of the molecule is Brc1ccc(-c2cc(-c3ccccc3)c3c(c2-c2ccccc2)-c2cccc4cccc-3c24)cc1.c1ccc(-c2cc(-c3ccc(-n4c5ccccc5c5ccc6ccccc6c54)cc3)c(-c3ccccc3)c3c2-c2cccc4cccc-3c24)cc1.c1ccc2c(c1)ccc1c3ccccc3[nH]c21. The number of aromatic amines is 1. The summed E-state index contributed by atoms with van der Waals surface area (Å²) in [6.07, 6.45) is 0. The Balaban J connectivity index is 0.000000117. The van der Waals surface area contributed by atoms with E-state index in [1.165, 1.54) is 198 Å². The number of halogens is 1. The standard InChI is InChI=1S/C50H31N.C34H21Br.C16H11N/c1-3-13-32(14-4-1)44-31-43(47(36-16-5-2-6-17-36)49-42-23-12-19-35-18-11-22-41(46(35)42)48(44)49)34-25-28-37(29-26-34)51-45-24-10-9-21-39(45)40-30-27-33-15-7-8-20-38(33)50(40)51;35-26-19-17-23(18-20-26)29-21-30(22-9-3-1-4-10-22)33-27-15-7-13-24-14-8-16-28(31(24)27)34(33)32(29)25-11-5-2-6-12-25;1-2-6-12-11(5-1)9-10-14-13-7-3-4-8-15(13)17-16(12)14/h1-31H;1-21H;1-10,17H. The van der Waals surface area contributed by atoms with E-state index in [4.69, 9.17) is 0 Å². The van der Waals surface area contributed by atoms with Crippen LogP contribution < -0.4 is 0 Å². The van der Waals surface area contributed by atoms with E-state index in [0.717, 1.165) is 10.2 Å². The molecule has 0 spiro atoms. The number of H-pyrrole nitrogens is 1. The fourth-order valence-electron chi connectivity index (χ4n) is 16.9. The second-order valence-corrected chi connectivity index (χ2v) is 28.0. The van der Waals surface area contributed by atoms with Crippen molar-refractivity contribution in [3.8, 4) is 117 Å². The van der Waals surface area contributed by atoms with E-state index in [1.807, 2.05) is 0 Å². The molecule has 0 saturated heterocycles. The molecule has 2 nitrogen and oxygen atoms in total. The molecule has 2 aliphatic rings. The van der Waals surface area contributed by atoms with Crippen LogP contribution in [0.3, 0.4) is 0 Å². The molecule has 0 bridgehead atoms. The van der Waals surface area contributed by atoms with E-state index in [2.05, 4.69) is 402 Å². The molecule has 480 valence electrons. The van der Waals surface area contributed by atoms with Crippen molar-refractivity contribution >= 4 is 103 Å². The summed E-state index contributed by atoms with van der Waals surface area (Å²) in [5.41, 5.74) is 31.6. The second-order valence-electron chi connectivity index (χ2n) is 27.0. The molecule has 3 heteroatoms. The minimum atomic E-state index is 1.09. The normalized spacial score (nSPS) is 11.7. The Kier molecular flexibility index (Phi) is 14.4. The van der Waals surface area contributed by atoms with E-state index in [1.54, 1.807) is 0 Å². The maximum absolute atomic E-state index is 3.62. The minimum absolute atomic E-state index is 1.09. The van der Waals surface area contributed by atoms with E-state index in [-0.39, 0.29) is 0 Å². The van der Waals surface area contributed by atoms with Crippen LogP contribution in [0.15, 0.2) is 381 Å². The molecule has 2 aliphatic carbocycles. The number of hydrogen-bond donors (Lipinski definition) is 1. The minimum Gasteiger partial charge on any atom is -0.354 e. The lowest BCUT2D eigenvalue weighted by Gasteiger charge is -2.21. The van der Waals surface area contributed by atoms with Gasteiger partial charge in [-0.15, -0.1) is 0 Å². The number of hydrogen-bond acceptors (Lipinski definition) is 0. The van der Waals surface area contributed by atoms with Gasteiger partial charge in [0.15, 0.2) is 0 Å². The highest BCUT2D eigenvalue weighted by Crippen LogP contribution is 2.59. The van der Waals surface area contributed by atoms with Crippen LogP contribution >= 0.6 is 15.9 Å². The van der Waals surface area contributed by atoms with E-state index < -0.39 is 0 Å². The first-order valence-electron chi connectivity index (χ1n) is 35.4. The average Bonchev–Trinajstić information content (AvgIpc) is 1.60. The van der Waals surface area contributed by atoms with Crippen LogP contribution in [0.1, 0.15) is 0 Å². The number of rotatable bonds is 7. The zero-order valence-electron chi connectivity index (χ0n) is 56.1. The van der Waals surface area contributed by atoms with Gasteiger partial charge in [0.1, 0.15) is 0 Å².